The van der Waals surface area contributed by atoms with Gasteiger partial charge in [0.15, 0.2) is 0 Å². The average Bonchev–Trinajstić information content (AvgIpc) is 3.32. The molecule has 0 amide bonds. The maximum Gasteiger partial charge on any atom is 0.244 e. The van der Waals surface area contributed by atoms with Crippen LogP contribution in [-0.4, -0.2) is 36.5 Å². The lowest BCUT2D eigenvalue weighted by Crippen LogP contribution is -2.34. The molecule has 1 aromatic carbocycles. The van der Waals surface area contributed by atoms with Crippen LogP contribution >= 0.6 is 0 Å². The molecule has 0 aliphatic carbocycles. The van der Waals surface area contributed by atoms with Crippen molar-refractivity contribution in [1.29, 1.82) is 0 Å². The summed E-state index contributed by atoms with van der Waals surface area (Å²) in [7, 11) is -3.64. The van der Waals surface area contributed by atoms with Crippen molar-refractivity contribution in [3.05, 3.63) is 28.8 Å². The third kappa shape index (κ3) is 4.41. The molecule has 2 rings (SSSR count). The quantitative estimate of drug-likeness (QED) is 0.701. The first-order valence-corrected chi connectivity index (χ1v) is 11.5. The summed E-state index contributed by atoms with van der Waals surface area (Å²) in [6.07, 6.45) is -0.674. The molecule has 0 saturated carbocycles. The molecule has 0 aromatic heterocycles. The molecule has 4 nitrogen and oxygen atoms in total. The lowest BCUT2D eigenvalue weighted by molar-refractivity contribution is 0.0566. The van der Waals surface area contributed by atoms with Crippen molar-refractivity contribution >= 4 is 10.0 Å². The van der Waals surface area contributed by atoms with Gasteiger partial charge in [0.2, 0.25) is 10.0 Å². The van der Waals surface area contributed by atoms with Crippen LogP contribution in [0.2, 0.25) is 0 Å². The number of aliphatic hydroxyl groups excluding tert-OH is 1. The predicted molar refractivity (Wildman–Crippen MR) is 112 cm³/mol. The third-order valence-corrected chi connectivity index (χ3v) is 7.53. The second-order valence-electron chi connectivity index (χ2n) is 9.95. The topological polar surface area (TPSA) is 57.4 Å². The molecule has 0 spiro atoms. The van der Waals surface area contributed by atoms with Crippen LogP contribution in [0.4, 0.5) is 0 Å². The highest BCUT2D eigenvalue weighted by molar-refractivity contribution is 7.89. The van der Waals surface area contributed by atoms with E-state index in [1.807, 2.05) is 48.5 Å². The Morgan fingerprint density at radius 1 is 0.963 bits per heavy atom. The zero-order valence-electron chi connectivity index (χ0n) is 18.4. The fourth-order valence-electron chi connectivity index (χ4n) is 3.55. The molecule has 1 aliphatic rings. The van der Waals surface area contributed by atoms with Gasteiger partial charge in [-0.05, 0) is 39.9 Å². The number of hydrogen-bond donors (Lipinski definition) is 1. The maximum atomic E-state index is 13.6. The van der Waals surface area contributed by atoms with Gasteiger partial charge in [-0.15, -0.1) is 0 Å². The van der Waals surface area contributed by atoms with Gasteiger partial charge in [0.1, 0.15) is 0 Å². The smallest absolute Gasteiger partial charge is 0.244 e. The molecule has 1 fully saturated rings. The molecular weight excluding hydrogens is 358 g/mol. The number of nitrogens with zero attached hydrogens (tertiary/aromatic N) is 1. The Balaban J connectivity index is 2.60. The van der Waals surface area contributed by atoms with Gasteiger partial charge in [0, 0.05) is 6.54 Å². The molecule has 0 bridgehead atoms. The van der Waals surface area contributed by atoms with Crippen molar-refractivity contribution in [3.8, 4) is 0 Å². The Bertz CT molecular complexity index is 759. The van der Waals surface area contributed by atoms with E-state index in [4.69, 9.17) is 0 Å². The molecule has 27 heavy (non-hydrogen) atoms. The van der Waals surface area contributed by atoms with Crippen LogP contribution in [-0.2, 0) is 10.0 Å². The van der Waals surface area contributed by atoms with E-state index in [9.17, 15) is 13.5 Å². The van der Waals surface area contributed by atoms with Gasteiger partial charge < -0.3 is 5.11 Å². The summed E-state index contributed by atoms with van der Waals surface area (Å²) in [5.41, 5.74) is 2.61. The van der Waals surface area contributed by atoms with Gasteiger partial charge in [0.05, 0.1) is 17.0 Å². The van der Waals surface area contributed by atoms with E-state index in [2.05, 4.69) is 26.0 Å². The monoisotopic (exact) mass is 395 g/mol. The summed E-state index contributed by atoms with van der Waals surface area (Å²) in [4.78, 5) is 0.459. The number of aliphatic hydroxyl groups is 1. The SMILES string of the molecule is CC(C)c1cc(C(C)C)c(S(=O)(=O)N2C[C@H]2[C@H](O)C(C)(C)C)c(C(C)C)c1. The highest BCUT2D eigenvalue weighted by Gasteiger charge is 2.52. The van der Waals surface area contributed by atoms with Crippen LogP contribution in [0.25, 0.3) is 0 Å². The average molecular weight is 396 g/mol. The van der Waals surface area contributed by atoms with Crippen LogP contribution < -0.4 is 0 Å². The Kier molecular flexibility index (Phi) is 6.21. The Labute approximate surface area is 166 Å². The Morgan fingerprint density at radius 2 is 1.41 bits per heavy atom. The highest BCUT2D eigenvalue weighted by Crippen LogP contribution is 2.42. The number of hydrogen-bond acceptors (Lipinski definition) is 3. The minimum atomic E-state index is -3.64. The van der Waals surface area contributed by atoms with Gasteiger partial charge in [0.25, 0.3) is 0 Å². The largest absolute Gasteiger partial charge is 0.391 e. The Morgan fingerprint density at radius 3 is 1.74 bits per heavy atom. The summed E-state index contributed by atoms with van der Waals surface area (Å²) < 4.78 is 28.6. The molecule has 154 valence electrons. The zero-order valence-corrected chi connectivity index (χ0v) is 19.2. The van der Waals surface area contributed by atoms with Gasteiger partial charge in [-0.25, -0.2) is 8.42 Å². The second-order valence-corrected chi connectivity index (χ2v) is 11.8. The Hall–Kier alpha value is -0.910. The van der Waals surface area contributed by atoms with Gasteiger partial charge in [-0.1, -0.05) is 74.4 Å². The molecule has 3 atom stereocenters. The fraction of sp³-hybridized carbons (Fsp3) is 0.727. The van der Waals surface area contributed by atoms with Crippen molar-refractivity contribution in [2.24, 2.45) is 5.41 Å². The number of benzene rings is 1. The van der Waals surface area contributed by atoms with Crippen LogP contribution in [0, 0.1) is 5.41 Å². The maximum absolute atomic E-state index is 13.6. The molecule has 1 heterocycles. The van der Waals surface area contributed by atoms with Crippen molar-refractivity contribution in [2.45, 2.75) is 97.1 Å². The minimum Gasteiger partial charge on any atom is -0.391 e. The summed E-state index contributed by atoms with van der Waals surface area (Å²) in [5, 5.41) is 10.6. The number of rotatable bonds is 6. The minimum absolute atomic E-state index is 0.108. The summed E-state index contributed by atoms with van der Waals surface area (Å²) >= 11 is 0. The van der Waals surface area contributed by atoms with E-state index in [1.165, 1.54) is 9.87 Å². The van der Waals surface area contributed by atoms with Gasteiger partial charge in [-0.3, -0.25) is 0 Å². The van der Waals surface area contributed by atoms with Gasteiger partial charge >= 0.3 is 0 Å². The molecule has 0 radical (unpaired) electrons. The molecular formula is C22H37NO3S. The lowest BCUT2D eigenvalue weighted by atomic mass is 9.87. The normalized spacial score (nSPS) is 22.0. The van der Waals surface area contributed by atoms with Crippen molar-refractivity contribution in [1.82, 2.24) is 4.31 Å². The van der Waals surface area contributed by atoms with E-state index in [1.54, 1.807) is 0 Å². The lowest BCUT2D eigenvalue weighted by Gasteiger charge is -2.27. The molecule has 1 aliphatic heterocycles. The van der Waals surface area contributed by atoms with Crippen LogP contribution in [0.5, 0.6) is 0 Å². The summed E-state index contributed by atoms with van der Waals surface area (Å²) in [5.74, 6) is 0.558. The van der Waals surface area contributed by atoms with E-state index in [0.29, 0.717) is 17.4 Å². The van der Waals surface area contributed by atoms with E-state index in [-0.39, 0.29) is 23.3 Å². The van der Waals surface area contributed by atoms with Crippen LogP contribution in [0.15, 0.2) is 17.0 Å². The van der Waals surface area contributed by atoms with Gasteiger partial charge in [-0.2, -0.15) is 4.31 Å². The third-order valence-electron chi connectivity index (χ3n) is 5.50. The predicted octanol–water partition coefficient (Wildman–Crippen LogP) is 4.84. The molecule has 1 aromatic rings. The van der Waals surface area contributed by atoms with E-state index in [0.717, 1.165) is 11.1 Å². The van der Waals surface area contributed by atoms with E-state index < -0.39 is 16.1 Å². The first kappa shape index (κ1) is 22.4. The molecule has 1 saturated heterocycles. The summed E-state index contributed by atoms with van der Waals surface area (Å²) in [6, 6.07) is 3.79. The van der Waals surface area contributed by atoms with E-state index >= 15 is 0 Å². The molecule has 1 N–H and O–H groups in total. The van der Waals surface area contributed by atoms with Crippen molar-refractivity contribution in [3.63, 3.8) is 0 Å². The van der Waals surface area contributed by atoms with Crippen molar-refractivity contribution in [2.75, 3.05) is 6.54 Å². The standard InChI is InChI=1S/C22H37NO3S/c1-13(2)16-10-17(14(3)4)20(18(11-16)15(5)6)27(25,26)23-12-19(23)21(24)22(7,8)9/h10-11,13-15,19,21,24H,12H2,1-9H3/t19-,21-,23?/m0/s1. The number of sulfonamides is 1. The summed E-state index contributed by atoms with van der Waals surface area (Å²) in [6.45, 7) is 18.7. The second kappa shape index (κ2) is 7.49. The first-order chi connectivity index (χ1) is 12.2. The zero-order chi connectivity index (χ0) is 20.9. The first-order valence-electron chi connectivity index (χ1n) is 10.1. The molecule has 5 heteroatoms. The van der Waals surface area contributed by atoms with Crippen LogP contribution in [0.3, 0.4) is 0 Å². The van der Waals surface area contributed by atoms with Crippen LogP contribution in [0.1, 0.15) is 96.8 Å². The fourth-order valence-corrected chi connectivity index (χ4v) is 5.79. The van der Waals surface area contributed by atoms with Crippen molar-refractivity contribution < 1.29 is 13.5 Å². The molecule has 1 unspecified atom stereocenters. The highest BCUT2D eigenvalue weighted by atomic mass is 32.2.